The van der Waals surface area contributed by atoms with Gasteiger partial charge in [-0.05, 0) is 44.9 Å². The number of carbonyl (C=O) groups excluding carboxylic acids is 1. The summed E-state index contributed by atoms with van der Waals surface area (Å²) in [7, 11) is 0. The maximum absolute atomic E-state index is 12.0. The van der Waals surface area contributed by atoms with Gasteiger partial charge in [-0.15, -0.1) is 0 Å². The highest BCUT2D eigenvalue weighted by Gasteiger charge is 2.43. The quantitative estimate of drug-likeness (QED) is 0.656. The molecule has 0 spiro atoms. The zero-order valence-electron chi connectivity index (χ0n) is 8.57. The second kappa shape index (κ2) is 2.81. The van der Waals surface area contributed by atoms with Crippen molar-refractivity contribution in [2.45, 2.75) is 45.1 Å². The summed E-state index contributed by atoms with van der Waals surface area (Å²) in [4.78, 5) is 12.0. The van der Waals surface area contributed by atoms with Crippen LogP contribution in [0, 0.1) is 11.8 Å². The first kappa shape index (κ1) is 8.45. The molecule has 0 bridgehead atoms. The Kier molecular flexibility index (Phi) is 1.70. The molecule has 76 valence electrons. The Morgan fingerprint density at radius 3 is 2.86 bits per heavy atom. The molecule has 0 aromatic rings. The van der Waals surface area contributed by atoms with Gasteiger partial charge in [0.15, 0.2) is 0 Å². The lowest BCUT2D eigenvalue weighted by atomic mass is 10.1. The minimum atomic E-state index is 0.163. The number of hydrogen-bond acceptors (Lipinski definition) is 2. The van der Waals surface area contributed by atoms with E-state index in [2.05, 4.69) is 12.0 Å². The summed E-state index contributed by atoms with van der Waals surface area (Å²) < 4.78 is 0. The van der Waals surface area contributed by atoms with Crippen LogP contribution in [0.4, 0.5) is 0 Å². The van der Waals surface area contributed by atoms with Crippen molar-refractivity contribution in [1.29, 1.82) is 0 Å². The molecule has 0 saturated heterocycles. The number of carbonyl (C=O) groups is 1. The Hall–Kier alpha value is -0.860. The maximum Gasteiger partial charge on any atom is 0.251 e. The SMILES string of the molecule is CC(C1CC1)N1N=C2CCCC2C1=O. The van der Waals surface area contributed by atoms with Gasteiger partial charge < -0.3 is 0 Å². The number of hydrogen-bond donors (Lipinski definition) is 0. The zero-order valence-corrected chi connectivity index (χ0v) is 8.57. The van der Waals surface area contributed by atoms with Crippen molar-refractivity contribution < 1.29 is 4.79 Å². The molecule has 14 heavy (non-hydrogen) atoms. The summed E-state index contributed by atoms with van der Waals surface area (Å²) in [5.74, 6) is 1.16. The van der Waals surface area contributed by atoms with E-state index in [9.17, 15) is 4.79 Å². The Balaban J connectivity index is 1.81. The van der Waals surface area contributed by atoms with Gasteiger partial charge in [0.05, 0.1) is 17.7 Å². The predicted molar refractivity (Wildman–Crippen MR) is 53.8 cm³/mol. The van der Waals surface area contributed by atoms with Gasteiger partial charge in [0.2, 0.25) is 0 Å². The van der Waals surface area contributed by atoms with Crippen molar-refractivity contribution in [2.24, 2.45) is 16.9 Å². The molecule has 2 unspecified atom stereocenters. The van der Waals surface area contributed by atoms with E-state index in [0.29, 0.717) is 6.04 Å². The number of fused-ring (bicyclic) bond motifs is 1. The van der Waals surface area contributed by atoms with Gasteiger partial charge in [-0.25, -0.2) is 5.01 Å². The minimum Gasteiger partial charge on any atom is -0.272 e. The average Bonchev–Trinajstić information content (AvgIpc) is 2.84. The molecular weight excluding hydrogens is 176 g/mol. The molecular formula is C11H16N2O. The van der Waals surface area contributed by atoms with Crippen LogP contribution in [0.3, 0.4) is 0 Å². The third-order valence-electron chi connectivity index (χ3n) is 3.78. The van der Waals surface area contributed by atoms with E-state index >= 15 is 0 Å². The molecule has 1 aliphatic heterocycles. The molecule has 0 aromatic carbocycles. The first-order chi connectivity index (χ1) is 6.77. The summed E-state index contributed by atoms with van der Waals surface area (Å²) in [5, 5.41) is 6.27. The molecule has 2 atom stereocenters. The number of nitrogens with zero attached hydrogens (tertiary/aromatic N) is 2. The smallest absolute Gasteiger partial charge is 0.251 e. The normalized spacial score (nSPS) is 33.2. The van der Waals surface area contributed by atoms with Gasteiger partial charge in [-0.2, -0.15) is 5.10 Å². The van der Waals surface area contributed by atoms with Gasteiger partial charge >= 0.3 is 0 Å². The van der Waals surface area contributed by atoms with E-state index in [4.69, 9.17) is 0 Å². The van der Waals surface area contributed by atoms with Gasteiger partial charge in [0.25, 0.3) is 5.91 Å². The summed E-state index contributed by atoms with van der Waals surface area (Å²) in [6.07, 6.45) is 5.79. The number of hydrazone groups is 1. The Bertz CT molecular complexity index is 306. The maximum atomic E-state index is 12.0. The van der Waals surface area contributed by atoms with Crippen LogP contribution in [0.15, 0.2) is 5.10 Å². The van der Waals surface area contributed by atoms with Crippen molar-refractivity contribution in [3.63, 3.8) is 0 Å². The predicted octanol–water partition coefficient (Wildman–Crippen LogP) is 1.78. The zero-order chi connectivity index (χ0) is 9.71. The first-order valence-electron chi connectivity index (χ1n) is 5.68. The lowest BCUT2D eigenvalue weighted by Gasteiger charge is -2.21. The van der Waals surface area contributed by atoms with Crippen LogP contribution >= 0.6 is 0 Å². The molecule has 3 nitrogen and oxygen atoms in total. The fourth-order valence-corrected chi connectivity index (χ4v) is 2.63. The molecule has 0 radical (unpaired) electrons. The highest BCUT2D eigenvalue weighted by Crippen LogP contribution is 2.39. The lowest BCUT2D eigenvalue weighted by molar-refractivity contribution is -0.134. The van der Waals surface area contributed by atoms with E-state index in [0.717, 1.165) is 30.9 Å². The van der Waals surface area contributed by atoms with Gasteiger partial charge in [-0.1, -0.05) is 0 Å². The lowest BCUT2D eigenvalue weighted by Crippen LogP contribution is -2.35. The van der Waals surface area contributed by atoms with Crippen molar-refractivity contribution in [2.75, 3.05) is 0 Å². The summed E-state index contributed by atoms with van der Waals surface area (Å²) in [6, 6.07) is 0.348. The van der Waals surface area contributed by atoms with Gasteiger partial charge in [-0.3, -0.25) is 4.79 Å². The third-order valence-corrected chi connectivity index (χ3v) is 3.78. The molecule has 2 aliphatic carbocycles. The second-order valence-electron chi connectivity index (χ2n) is 4.80. The van der Waals surface area contributed by atoms with Crippen LogP contribution in [0.5, 0.6) is 0 Å². The Labute approximate surface area is 84.2 Å². The molecule has 3 heteroatoms. The minimum absolute atomic E-state index is 0.163. The van der Waals surface area contributed by atoms with Crippen LogP contribution in [0.25, 0.3) is 0 Å². The Morgan fingerprint density at radius 2 is 2.21 bits per heavy atom. The summed E-state index contributed by atoms with van der Waals surface area (Å²) in [6.45, 7) is 2.14. The molecule has 3 aliphatic rings. The standard InChI is InChI=1S/C11H16N2O/c1-7(8-5-6-8)13-11(14)9-3-2-4-10(9)12-13/h7-9H,2-6H2,1H3. The van der Waals surface area contributed by atoms with E-state index < -0.39 is 0 Å². The van der Waals surface area contributed by atoms with Crippen LogP contribution in [-0.2, 0) is 4.79 Å². The van der Waals surface area contributed by atoms with Crippen molar-refractivity contribution in [3.8, 4) is 0 Å². The van der Waals surface area contributed by atoms with Crippen LogP contribution in [-0.4, -0.2) is 22.7 Å². The molecule has 3 rings (SSSR count). The number of rotatable bonds is 2. The molecule has 1 heterocycles. The van der Waals surface area contributed by atoms with Crippen LogP contribution in [0.1, 0.15) is 39.0 Å². The fourth-order valence-electron chi connectivity index (χ4n) is 2.63. The first-order valence-corrected chi connectivity index (χ1v) is 5.68. The molecule has 0 N–H and O–H groups in total. The van der Waals surface area contributed by atoms with Gasteiger partial charge in [0.1, 0.15) is 0 Å². The molecule has 2 fully saturated rings. The highest BCUT2D eigenvalue weighted by molar-refractivity contribution is 6.09. The molecule has 2 saturated carbocycles. The third kappa shape index (κ3) is 1.11. The van der Waals surface area contributed by atoms with Gasteiger partial charge in [0, 0.05) is 0 Å². The van der Waals surface area contributed by atoms with E-state index in [1.54, 1.807) is 5.01 Å². The average molecular weight is 192 g/mol. The van der Waals surface area contributed by atoms with Crippen LogP contribution < -0.4 is 0 Å². The van der Waals surface area contributed by atoms with E-state index in [1.807, 2.05) is 0 Å². The van der Waals surface area contributed by atoms with Crippen molar-refractivity contribution in [3.05, 3.63) is 0 Å². The summed E-state index contributed by atoms with van der Waals surface area (Å²) in [5.41, 5.74) is 1.16. The number of amides is 1. The van der Waals surface area contributed by atoms with E-state index in [-0.39, 0.29) is 11.8 Å². The van der Waals surface area contributed by atoms with Crippen LogP contribution in [0.2, 0.25) is 0 Å². The van der Waals surface area contributed by atoms with E-state index in [1.165, 1.54) is 12.8 Å². The monoisotopic (exact) mass is 192 g/mol. The second-order valence-corrected chi connectivity index (χ2v) is 4.80. The Morgan fingerprint density at radius 1 is 1.43 bits per heavy atom. The summed E-state index contributed by atoms with van der Waals surface area (Å²) >= 11 is 0. The largest absolute Gasteiger partial charge is 0.272 e. The van der Waals surface area contributed by atoms with Crippen molar-refractivity contribution >= 4 is 11.6 Å². The fraction of sp³-hybridized carbons (Fsp3) is 0.818. The molecule has 0 aromatic heterocycles. The topological polar surface area (TPSA) is 32.7 Å². The van der Waals surface area contributed by atoms with Crippen molar-refractivity contribution in [1.82, 2.24) is 5.01 Å². The highest BCUT2D eigenvalue weighted by atomic mass is 16.2. The molecule has 1 amide bonds.